The molecule has 0 unspecified atom stereocenters. The van der Waals surface area contributed by atoms with E-state index in [4.69, 9.17) is 4.74 Å². The number of sulfonamides is 1. The predicted octanol–water partition coefficient (Wildman–Crippen LogP) is 1.69. The minimum atomic E-state index is -3.49. The fourth-order valence-corrected chi connectivity index (χ4v) is 5.22. The summed E-state index contributed by atoms with van der Waals surface area (Å²) in [4.78, 5) is 18.4. The number of aromatic nitrogens is 1. The fraction of sp³-hybridized carbons (Fsp3) is 0.667. The van der Waals surface area contributed by atoms with Crippen molar-refractivity contribution in [2.24, 2.45) is 5.92 Å². The van der Waals surface area contributed by atoms with Crippen LogP contribution in [0, 0.1) is 5.92 Å². The highest BCUT2D eigenvalue weighted by Crippen LogP contribution is 2.28. The van der Waals surface area contributed by atoms with E-state index in [2.05, 4.69) is 9.71 Å². The molecule has 0 radical (unpaired) electrons. The van der Waals surface area contributed by atoms with Crippen LogP contribution >= 0.6 is 0 Å². The van der Waals surface area contributed by atoms with Crippen LogP contribution in [0.1, 0.15) is 44.1 Å². The lowest BCUT2D eigenvalue weighted by Crippen LogP contribution is -2.49. The van der Waals surface area contributed by atoms with Gasteiger partial charge in [-0.3, -0.25) is 4.79 Å². The first-order valence-corrected chi connectivity index (χ1v) is 10.8. The third-order valence-corrected chi connectivity index (χ3v) is 7.13. The molecular weight excluding hydrogens is 354 g/mol. The highest BCUT2D eigenvalue weighted by atomic mass is 32.2. The van der Waals surface area contributed by atoms with Crippen LogP contribution in [0.3, 0.4) is 0 Å². The van der Waals surface area contributed by atoms with Crippen molar-refractivity contribution < 1.29 is 17.9 Å². The summed E-state index contributed by atoms with van der Waals surface area (Å²) >= 11 is 0. The van der Waals surface area contributed by atoms with E-state index in [0.717, 1.165) is 37.7 Å². The maximum atomic E-state index is 12.7. The first kappa shape index (κ1) is 19.1. The number of hydrogen-bond donors (Lipinski definition) is 1. The summed E-state index contributed by atoms with van der Waals surface area (Å²) in [6.45, 7) is 1.15. The molecule has 0 spiro atoms. The predicted molar refractivity (Wildman–Crippen MR) is 98.1 cm³/mol. The van der Waals surface area contributed by atoms with Crippen LogP contribution in [0.4, 0.5) is 0 Å². The molecule has 1 saturated heterocycles. The van der Waals surface area contributed by atoms with Crippen LogP contribution in [-0.2, 0) is 21.4 Å². The zero-order valence-electron chi connectivity index (χ0n) is 15.2. The van der Waals surface area contributed by atoms with E-state index in [1.54, 1.807) is 23.2 Å². The summed E-state index contributed by atoms with van der Waals surface area (Å²) in [5, 5.41) is -0.548. The number of hydrogen-bond acceptors (Lipinski definition) is 5. The van der Waals surface area contributed by atoms with Gasteiger partial charge < -0.3 is 9.64 Å². The van der Waals surface area contributed by atoms with E-state index in [1.807, 2.05) is 0 Å². The summed E-state index contributed by atoms with van der Waals surface area (Å²) in [5.41, 5.74) is 0.768. The van der Waals surface area contributed by atoms with Crippen molar-refractivity contribution in [2.75, 3.05) is 20.2 Å². The van der Waals surface area contributed by atoms with Gasteiger partial charge >= 0.3 is 0 Å². The molecule has 1 aromatic heterocycles. The van der Waals surface area contributed by atoms with Crippen molar-refractivity contribution in [3.8, 4) is 5.88 Å². The van der Waals surface area contributed by atoms with E-state index in [1.165, 1.54) is 7.11 Å². The normalized spacial score (nSPS) is 21.7. The van der Waals surface area contributed by atoms with Gasteiger partial charge in [0.1, 0.15) is 0 Å². The van der Waals surface area contributed by atoms with Crippen molar-refractivity contribution >= 4 is 15.9 Å². The summed E-state index contributed by atoms with van der Waals surface area (Å²) in [6, 6.07) is 3.48. The first-order valence-electron chi connectivity index (χ1n) is 9.26. The molecule has 26 heavy (non-hydrogen) atoms. The highest BCUT2D eigenvalue weighted by Gasteiger charge is 2.35. The number of nitrogens with zero attached hydrogens (tertiary/aromatic N) is 2. The Balaban J connectivity index is 1.57. The molecule has 1 aliphatic heterocycles. The average molecular weight is 381 g/mol. The van der Waals surface area contributed by atoms with Crippen LogP contribution in [-0.4, -0.2) is 49.7 Å². The monoisotopic (exact) mass is 381 g/mol. The van der Waals surface area contributed by atoms with Crippen LogP contribution in [0.25, 0.3) is 0 Å². The van der Waals surface area contributed by atoms with Crippen molar-refractivity contribution in [2.45, 2.75) is 50.3 Å². The molecule has 7 nitrogen and oxygen atoms in total. The quantitative estimate of drug-likeness (QED) is 0.810. The number of pyridine rings is 1. The Labute approximate surface area is 155 Å². The van der Waals surface area contributed by atoms with Gasteiger partial charge in [-0.05, 0) is 31.2 Å². The van der Waals surface area contributed by atoms with Gasteiger partial charge in [0.25, 0.3) is 0 Å². The van der Waals surface area contributed by atoms with Crippen LogP contribution < -0.4 is 9.46 Å². The number of ether oxygens (including phenoxy) is 1. The van der Waals surface area contributed by atoms with Crippen molar-refractivity contribution in [3.63, 3.8) is 0 Å². The van der Waals surface area contributed by atoms with Crippen molar-refractivity contribution in [1.82, 2.24) is 14.6 Å². The Bertz CT molecular complexity index is 714. The van der Waals surface area contributed by atoms with E-state index in [-0.39, 0.29) is 18.4 Å². The topological polar surface area (TPSA) is 88.6 Å². The molecule has 2 heterocycles. The number of amides is 1. The van der Waals surface area contributed by atoms with Gasteiger partial charge in [-0.15, -0.1) is 0 Å². The molecule has 144 valence electrons. The third kappa shape index (κ3) is 4.54. The molecule has 1 aromatic rings. The minimum absolute atomic E-state index is 0.0924. The molecule has 2 aliphatic rings. The third-order valence-electron chi connectivity index (χ3n) is 5.32. The fourth-order valence-electron chi connectivity index (χ4n) is 3.76. The van der Waals surface area contributed by atoms with Crippen molar-refractivity contribution in [3.05, 3.63) is 23.9 Å². The molecule has 1 amide bonds. The van der Waals surface area contributed by atoms with Gasteiger partial charge in [-0.2, -0.15) is 0 Å². The summed E-state index contributed by atoms with van der Waals surface area (Å²) in [5.74, 6) is 0.724. The number of methoxy groups -OCH3 is 1. The smallest absolute Gasteiger partial charge is 0.225 e. The minimum Gasteiger partial charge on any atom is -0.481 e. The maximum absolute atomic E-state index is 12.7. The molecule has 8 heteroatoms. The molecule has 3 rings (SSSR count). The van der Waals surface area contributed by atoms with Gasteiger partial charge in [0.15, 0.2) is 0 Å². The second kappa shape index (κ2) is 8.35. The second-order valence-corrected chi connectivity index (χ2v) is 9.15. The summed E-state index contributed by atoms with van der Waals surface area (Å²) in [7, 11) is -1.96. The highest BCUT2D eigenvalue weighted by molar-refractivity contribution is 7.90. The maximum Gasteiger partial charge on any atom is 0.225 e. The van der Waals surface area contributed by atoms with E-state index >= 15 is 0 Å². The molecule has 1 atom stereocenters. The summed E-state index contributed by atoms with van der Waals surface area (Å²) < 4.78 is 33.0. The zero-order chi connectivity index (χ0) is 18.6. The molecule has 1 N–H and O–H groups in total. The van der Waals surface area contributed by atoms with Gasteiger partial charge in [-0.1, -0.05) is 18.9 Å². The van der Waals surface area contributed by atoms with E-state index in [0.29, 0.717) is 25.4 Å². The number of carbonyl (C=O) groups excluding carboxylic acids is 1. The number of rotatable bonds is 6. The molecule has 1 saturated carbocycles. The molecular formula is C18H27N3O4S. The number of carbonyl (C=O) groups is 1. The SMILES string of the molecule is COc1ccc(CNS(=O)(=O)[C@H]2CCCN(C(=O)C3CCCC3)C2)cn1. The number of likely N-dealkylation sites (tertiary alicyclic amines) is 1. The number of nitrogens with one attached hydrogen (secondary N) is 1. The molecule has 2 fully saturated rings. The average Bonchev–Trinajstić information content (AvgIpc) is 3.21. The van der Waals surface area contributed by atoms with Gasteiger partial charge in [0.2, 0.25) is 21.8 Å². The van der Waals surface area contributed by atoms with E-state index in [9.17, 15) is 13.2 Å². The van der Waals surface area contributed by atoms with Crippen molar-refractivity contribution in [1.29, 1.82) is 0 Å². The largest absolute Gasteiger partial charge is 0.481 e. The van der Waals surface area contributed by atoms with Crippen LogP contribution in [0.5, 0.6) is 5.88 Å². The Morgan fingerprint density at radius 1 is 1.27 bits per heavy atom. The molecule has 0 bridgehead atoms. The lowest BCUT2D eigenvalue weighted by atomic mass is 10.0. The Kier molecular flexibility index (Phi) is 6.13. The molecule has 1 aliphatic carbocycles. The Hall–Kier alpha value is -1.67. The van der Waals surface area contributed by atoms with Gasteiger partial charge in [0.05, 0.1) is 12.4 Å². The first-order chi connectivity index (χ1) is 12.5. The Morgan fingerprint density at radius 2 is 2.04 bits per heavy atom. The lowest BCUT2D eigenvalue weighted by molar-refractivity contribution is -0.136. The second-order valence-electron chi connectivity index (χ2n) is 7.10. The molecule has 0 aromatic carbocycles. The Morgan fingerprint density at radius 3 is 2.69 bits per heavy atom. The standard InChI is InChI=1S/C18H27N3O4S/c1-25-17-9-8-14(11-19-17)12-20-26(23,24)16-7-4-10-21(13-16)18(22)15-5-2-3-6-15/h8-9,11,15-16,20H,2-7,10,12-13H2,1H3/t16-/m0/s1. The lowest BCUT2D eigenvalue weighted by Gasteiger charge is -2.34. The van der Waals surface area contributed by atoms with E-state index < -0.39 is 15.3 Å². The zero-order valence-corrected chi connectivity index (χ0v) is 16.0. The van der Waals surface area contributed by atoms with Gasteiger partial charge in [-0.25, -0.2) is 18.1 Å². The van der Waals surface area contributed by atoms with Crippen LogP contribution in [0.15, 0.2) is 18.3 Å². The van der Waals surface area contributed by atoms with Crippen LogP contribution in [0.2, 0.25) is 0 Å². The summed E-state index contributed by atoms with van der Waals surface area (Å²) in [6.07, 6.45) is 6.99. The number of piperidine rings is 1. The van der Waals surface area contributed by atoms with Gasteiger partial charge in [0, 0.05) is 37.8 Å².